The molecule has 0 aliphatic carbocycles. The maximum atomic E-state index is 13.8. The van der Waals surface area contributed by atoms with Crippen molar-refractivity contribution < 1.29 is 45.8 Å². The van der Waals surface area contributed by atoms with E-state index in [1.165, 1.54) is 38.5 Å². The molecule has 228 valence electrons. The summed E-state index contributed by atoms with van der Waals surface area (Å²) in [6.07, 6.45) is 11.2. The van der Waals surface area contributed by atoms with Crippen molar-refractivity contribution in [1.82, 2.24) is 5.32 Å². The number of carbonyl (C=O) groups excluding carboxylic acids is 3. The first kappa shape index (κ1) is 35.3. The summed E-state index contributed by atoms with van der Waals surface area (Å²) in [5, 5.41) is 2.50. The highest BCUT2D eigenvalue weighted by molar-refractivity contribution is 5.85. The van der Waals surface area contributed by atoms with Crippen molar-refractivity contribution in [3.05, 3.63) is 29.1 Å². The first-order chi connectivity index (χ1) is 18.8. The van der Waals surface area contributed by atoms with Gasteiger partial charge in [0.25, 0.3) is 0 Å². The number of ether oxygens (including phenoxy) is 2. The minimum absolute atomic E-state index is 0.144. The van der Waals surface area contributed by atoms with Crippen LogP contribution in [0.15, 0.2) is 0 Å². The molecule has 6 nitrogen and oxygen atoms in total. The van der Waals surface area contributed by atoms with Crippen molar-refractivity contribution in [1.29, 1.82) is 0 Å². The third kappa shape index (κ3) is 13.1. The molecular weight excluding hydrogens is 537 g/mol. The number of carbonyl (C=O) groups is 3. The van der Waals surface area contributed by atoms with Gasteiger partial charge < -0.3 is 14.8 Å². The SMILES string of the molecule is CCCCCCCCCCCCCC(=O)NC(CCC(=O)Oc1c(F)c(F)c(F)c(F)c1F)C(=O)OC(C)(C)C. The highest BCUT2D eigenvalue weighted by Crippen LogP contribution is 2.29. The molecule has 40 heavy (non-hydrogen) atoms. The van der Waals surface area contributed by atoms with E-state index < -0.39 is 70.7 Å². The molecule has 0 saturated heterocycles. The lowest BCUT2D eigenvalue weighted by Gasteiger charge is -2.24. The van der Waals surface area contributed by atoms with Gasteiger partial charge in [-0.15, -0.1) is 0 Å². The lowest BCUT2D eigenvalue weighted by atomic mass is 10.0. The topological polar surface area (TPSA) is 81.7 Å². The van der Waals surface area contributed by atoms with Crippen LogP contribution in [-0.2, 0) is 19.1 Å². The molecule has 0 fully saturated rings. The summed E-state index contributed by atoms with van der Waals surface area (Å²) in [6, 6.07) is -1.29. The van der Waals surface area contributed by atoms with Gasteiger partial charge in [-0.3, -0.25) is 9.59 Å². The molecule has 11 heteroatoms. The molecule has 0 aromatic heterocycles. The number of nitrogens with one attached hydrogen (secondary N) is 1. The maximum absolute atomic E-state index is 13.8. The van der Waals surface area contributed by atoms with Crippen molar-refractivity contribution >= 4 is 17.8 Å². The van der Waals surface area contributed by atoms with E-state index >= 15 is 0 Å². The van der Waals surface area contributed by atoms with Gasteiger partial charge in [0.15, 0.2) is 0 Å². The highest BCUT2D eigenvalue weighted by Gasteiger charge is 2.30. The Kier molecular flexibility index (Phi) is 15.8. The van der Waals surface area contributed by atoms with Crippen LogP contribution in [0.1, 0.15) is 118 Å². The van der Waals surface area contributed by atoms with Crippen molar-refractivity contribution in [2.45, 2.75) is 129 Å². The zero-order valence-electron chi connectivity index (χ0n) is 23.9. The van der Waals surface area contributed by atoms with Crippen LogP contribution in [0.3, 0.4) is 0 Å². The van der Waals surface area contributed by atoms with Crippen molar-refractivity contribution in [2.75, 3.05) is 0 Å². The second-order valence-electron chi connectivity index (χ2n) is 10.9. The van der Waals surface area contributed by atoms with Crippen LogP contribution in [0.4, 0.5) is 22.0 Å². The Morgan fingerprint density at radius 3 is 1.62 bits per heavy atom. The minimum atomic E-state index is -2.39. The predicted molar refractivity (Wildman–Crippen MR) is 140 cm³/mol. The molecule has 1 rings (SSSR count). The summed E-state index contributed by atoms with van der Waals surface area (Å²) in [6.45, 7) is 7.00. The van der Waals surface area contributed by atoms with E-state index in [1.807, 2.05) is 0 Å². The summed E-state index contributed by atoms with van der Waals surface area (Å²) in [4.78, 5) is 37.2. The monoisotopic (exact) mass is 579 g/mol. The number of amides is 1. The molecular formula is C29H42F5NO5. The lowest BCUT2D eigenvalue weighted by molar-refractivity contribution is -0.159. The smallest absolute Gasteiger partial charge is 0.329 e. The Hall–Kier alpha value is -2.72. The molecule has 0 bridgehead atoms. The van der Waals surface area contributed by atoms with E-state index in [2.05, 4.69) is 17.0 Å². The molecule has 1 atom stereocenters. The first-order valence-corrected chi connectivity index (χ1v) is 14.0. The van der Waals surface area contributed by atoms with Crippen LogP contribution in [0.2, 0.25) is 0 Å². The average molecular weight is 580 g/mol. The second-order valence-corrected chi connectivity index (χ2v) is 10.9. The minimum Gasteiger partial charge on any atom is -0.458 e. The molecule has 1 aromatic carbocycles. The van der Waals surface area contributed by atoms with Crippen LogP contribution >= 0.6 is 0 Å². The van der Waals surface area contributed by atoms with Gasteiger partial charge in [0.1, 0.15) is 11.6 Å². The molecule has 0 aliphatic heterocycles. The number of rotatable bonds is 18. The molecule has 0 heterocycles. The largest absolute Gasteiger partial charge is 0.458 e. The fourth-order valence-electron chi connectivity index (χ4n) is 3.94. The molecule has 0 saturated carbocycles. The van der Waals surface area contributed by atoms with Crippen molar-refractivity contribution in [2.24, 2.45) is 0 Å². The molecule has 1 aromatic rings. The Morgan fingerprint density at radius 1 is 0.700 bits per heavy atom. The van der Waals surface area contributed by atoms with Crippen LogP contribution in [0.5, 0.6) is 5.75 Å². The number of esters is 2. The van der Waals surface area contributed by atoms with Crippen LogP contribution in [0.25, 0.3) is 0 Å². The molecule has 0 aliphatic rings. The van der Waals surface area contributed by atoms with Crippen LogP contribution in [0, 0.1) is 29.1 Å². The van der Waals surface area contributed by atoms with E-state index in [0.29, 0.717) is 6.42 Å². The maximum Gasteiger partial charge on any atom is 0.329 e. The predicted octanol–water partition coefficient (Wildman–Crippen LogP) is 7.60. The third-order valence-electron chi connectivity index (χ3n) is 6.06. The molecule has 0 spiro atoms. The van der Waals surface area contributed by atoms with E-state index in [-0.39, 0.29) is 12.8 Å². The van der Waals surface area contributed by atoms with Crippen molar-refractivity contribution in [3.8, 4) is 5.75 Å². The van der Waals surface area contributed by atoms with Gasteiger partial charge in [0.05, 0.1) is 0 Å². The number of benzene rings is 1. The van der Waals surface area contributed by atoms with Crippen LogP contribution in [-0.4, -0.2) is 29.5 Å². The summed E-state index contributed by atoms with van der Waals surface area (Å²) in [5.41, 5.74) is -0.911. The van der Waals surface area contributed by atoms with E-state index in [1.54, 1.807) is 20.8 Å². The Balaban J connectivity index is 2.58. The fourth-order valence-corrected chi connectivity index (χ4v) is 3.94. The number of halogens is 5. The first-order valence-electron chi connectivity index (χ1n) is 14.0. The average Bonchev–Trinajstić information content (AvgIpc) is 2.88. The van der Waals surface area contributed by atoms with Gasteiger partial charge in [-0.25, -0.2) is 18.0 Å². The van der Waals surface area contributed by atoms with Gasteiger partial charge in [-0.05, 0) is 33.6 Å². The summed E-state index contributed by atoms with van der Waals surface area (Å²) in [7, 11) is 0. The molecule has 0 radical (unpaired) electrons. The van der Waals surface area contributed by atoms with E-state index in [0.717, 1.165) is 25.7 Å². The molecule has 1 N–H and O–H groups in total. The molecule has 1 amide bonds. The standard InChI is InChI=1S/C29H42F5NO5/c1-5-6-7-8-9-10-11-12-13-14-15-16-20(36)35-19(28(38)40-29(2,3)4)17-18-21(37)39-27-25(33)23(31)22(30)24(32)26(27)34/h19H,5-18H2,1-4H3,(H,35,36). The highest BCUT2D eigenvalue weighted by atomic mass is 19.2. The van der Waals surface area contributed by atoms with Gasteiger partial charge in [0.2, 0.25) is 40.7 Å². The quantitative estimate of drug-likeness (QED) is 0.0484. The van der Waals surface area contributed by atoms with Crippen molar-refractivity contribution in [3.63, 3.8) is 0 Å². The summed E-state index contributed by atoms with van der Waals surface area (Å²) >= 11 is 0. The fraction of sp³-hybridized carbons (Fsp3) is 0.690. The second kappa shape index (κ2) is 17.9. The van der Waals surface area contributed by atoms with E-state index in [4.69, 9.17) is 4.74 Å². The zero-order valence-corrected chi connectivity index (χ0v) is 23.9. The Bertz CT molecular complexity index is 952. The third-order valence-corrected chi connectivity index (χ3v) is 6.06. The Labute approximate surface area is 233 Å². The number of hydrogen-bond donors (Lipinski definition) is 1. The van der Waals surface area contributed by atoms with Gasteiger partial charge >= 0.3 is 11.9 Å². The van der Waals surface area contributed by atoms with E-state index in [9.17, 15) is 36.3 Å². The number of unbranched alkanes of at least 4 members (excludes halogenated alkanes) is 10. The zero-order chi connectivity index (χ0) is 30.3. The summed E-state index contributed by atoms with van der Waals surface area (Å²) in [5.74, 6) is -15.9. The summed E-state index contributed by atoms with van der Waals surface area (Å²) < 4.78 is 77.2. The Morgan fingerprint density at radius 2 is 1.15 bits per heavy atom. The molecule has 1 unspecified atom stereocenters. The van der Waals surface area contributed by atoms with Gasteiger partial charge in [-0.2, -0.15) is 8.78 Å². The number of hydrogen-bond acceptors (Lipinski definition) is 5. The van der Waals surface area contributed by atoms with Gasteiger partial charge in [0, 0.05) is 12.8 Å². The van der Waals surface area contributed by atoms with Crippen LogP contribution < -0.4 is 10.1 Å². The normalized spacial score (nSPS) is 12.2. The lowest BCUT2D eigenvalue weighted by Crippen LogP contribution is -2.44. The van der Waals surface area contributed by atoms with Gasteiger partial charge in [-0.1, -0.05) is 71.1 Å².